The van der Waals surface area contributed by atoms with Gasteiger partial charge in [-0.2, -0.15) is 0 Å². The van der Waals surface area contributed by atoms with Crippen molar-refractivity contribution in [2.45, 2.75) is 32.3 Å². The molecule has 1 aliphatic carbocycles. The number of aryl methyl sites for hydroxylation is 1. The van der Waals surface area contributed by atoms with Gasteiger partial charge in [0.25, 0.3) is 5.91 Å². The fourth-order valence-corrected chi connectivity index (χ4v) is 4.73. The number of urea groups is 1. The first-order chi connectivity index (χ1) is 14.0. The molecular formula is C21H25N3O4S. The molecule has 1 aromatic carbocycles. The van der Waals surface area contributed by atoms with E-state index in [4.69, 9.17) is 9.47 Å². The van der Waals surface area contributed by atoms with Crippen LogP contribution in [0.3, 0.4) is 0 Å². The Bertz CT molecular complexity index is 913. The second kappa shape index (κ2) is 8.32. The number of nitrogens with one attached hydrogen (secondary N) is 2. The van der Waals surface area contributed by atoms with Crippen LogP contribution in [0.2, 0.25) is 0 Å². The minimum absolute atomic E-state index is 0.276. The molecule has 2 aromatic rings. The molecule has 8 heteroatoms. The fraction of sp³-hybridized carbons (Fsp3) is 0.429. The Kier molecular flexibility index (Phi) is 5.62. The number of ether oxygens (including phenoxy) is 2. The monoisotopic (exact) mass is 415 g/mol. The molecule has 0 bridgehead atoms. The Morgan fingerprint density at radius 1 is 1.24 bits per heavy atom. The van der Waals surface area contributed by atoms with Crippen molar-refractivity contribution in [1.82, 2.24) is 15.8 Å². The normalized spacial score (nSPS) is 19.8. The van der Waals surface area contributed by atoms with Crippen LogP contribution in [0.25, 0.3) is 0 Å². The summed E-state index contributed by atoms with van der Waals surface area (Å²) in [6, 6.07) is 8.99. The standard InChI is InChI=1S/C21H25N3O4S/c1-13-7-8-18-14(9-13)10-19(29-18)20(25)22-23-21(26)24(2)11-15-12-27-16-5-3-4-6-17(16)28-15/h3-6,10,13,15H,7-9,11-12H2,1-2H3,(H,22,25)(H,23,26)/t13-,15-/m1/s1. The van der Waals surface area contributed by atoms with Crippen LogP contribution in [0.4, 0.5) is 4.79 Å². The van der Waals surface area contributed by atoms with E-state index in [1.165, 1.54) is 26.7 Å². The molecule has 29 heavy (non-hydrogen) atoms. The van der Waals surface area contributed by atoms with Gasteiger partial charge in [0.1, 0.15) is 6.61 Å². The summed E-state index contributed by atoms with van der Waals surface area (Å²) >= 11 is 1.51. The van der Waals surface area contributed by atoms with Crippen LogP contribution in [0, 0.1) is 5.92 Å². The zero-order valence-electron chi connectivity index (χ0n) is 16.6. The number of fused-ring (bicyclic) bond motifs is 2. The van der Waals surface area contributed by atoms with Crippen molar-refractivity contribution in [3.63, 3.8) is 0 Å². The second-order valence-corrected chi connectivity index (χ2v) is 8.81. The van der Waals surface area contributed by atoms with Crippen molar-refractivity contribution in [2.75, 3.05) is 20.2 Å². The number of para-hydroxylation sites is 2. The molecule has 2 aliphatic rings. The molecule has 1 aromatic heterocycles. The lowest BCUT2D eigenvalue weighted by Crippen LogP contribution is -2.50. The molecule has 4 rings (SSSR count). The van der Waals surface area contributed by atoms with Gasteiger partial charge in [0.05, 0.1) is 11.4 Å². The van der Waals surface area contributed by atoms with E-state index in [1.807, 2.05) is 30.3 Å². The second-order valence-electron chi connectivity index (χ2n) is 7.67. The van der Waals surface area contributed by atoms with Crippen molar-refractivity contribution in [3.05, 3.63) is 45.6 Å². The highest BCUT2D eigenvalue weighted by atomic mass is 32.1. The molecule has 7 nitrogen and oxygen atoms in total. The molecule has 0 spiro atoms. The highest BCUT2D eigenvalue weighted by Crippen LogP contribution is 2.32. The third kappa shape index (κ3) is 4.48. The fourth-order valence-electron chi connectivity index (χ4n) is 3.63. The van der Waals surface area contributed by atoms with Crippen LogP contribution >= 0.6 is 11.3 Å². The Balaban J connectivity index is 1.27. The maximum atomic E-state index is 12.4. The van der Waals surface area contributed by atoms with E-state index in [0.29, 0.717) is 35.4 Å². The SMILES string of the molecule is C[C@@H]1CCc2sc(C(=O)NNC(=O)N(C)C[C@@H]3COc4ccccc4O3)cc2C1. The topological polar surface area (TPSA) is 79.9 Å². The van der Waals surface area contributed by atoms with E-state index >= 15 is 0 Å². The van der Waals surface area contributed by atoms with E-state index in [9.17, 15) is 9.59 Å². The van der Waals surface area contributed by atoms with Crippen molar-refractivity contribution < 1.29 is 19.1 Å². The molecule has 0 fully saturated rings. The first-order valence-electron chi connectivity index (χ1n) is 9.81. The summed E-state index contributed by atoms with van der Waals surface area (Å²) in [5.74, 6) is 1.74. The molecular weight excluding hydrogens is 390 g/mol. The number of likely N-dealkylation sites (N-methyl/N-ethyl adjacent to an activating group) is 1. The zero-order chi connectivity index (χ0) is 20.4. The minimum atomic E-state index is -0.407. The van der Waals surface area contributed by atoms with E-state index in [1.54, 1.807) is 7.05 Å². The molecule has 2 heterocycles. The van der Waals surface area contributed by atoms with E-state index in [0.717, 1.165) is 19.3 Å². The van der Waals surface area contributed by atoms with Crippen molar-refractivity contribution >= 4 is 23.3 Å². The Labute approximate surface area is 174 Å². The Morgan fingerprint density at radius 2 is 2.03 bits per heavy atom. The molecule has 0 saturated heterocycles. The Hall–Kier alpha value is -2.74. The molecule has 0 unspecified atom stereocenters. The third-order valence-corrected chi connectivity index (χ3v) is 6.46. The molecule has 0 radical (unpaired) electrons. The number of nitrogens with zero attached hydrogens (tertiary/aromatic N) is 1. The molecule has 3 amide bonds. The summed E-state index contributed by atoms with van der Waals surface area (Å²) in [5, 5.41) is 0. The summed E-state index contributed by atoms with van der Waals surface area (Å²) in [4.78, 5) is 28.1. The summed E-state index contributed by atoms with van der Waals surface area (Å²) in [5.41, 5.74) is 6.25. The number of hydrazine groups is 1. The number of hydrogen-bond donors (Lipinski definition) is 2. The van der Waals surface area contributed by atoms with E-state index < -0.39 is 6.03 Å². The van der Waals surface area contributed by atoms with Gasteiger partial charge in [-0.1, -0.05) is 19.1 Å². The van der Waals surface area contributed by atoms with Gasteiger partial charge in [0.2, 0.25) is 0 Å². The predicted octanol–water partition coefficient (Wildman–Crippen LogP) is 3.00. The summed E-state index contributed by atoms with van der Waals surface area (Å²) in [6.45, 7) is 2.93. The maximum Gasteiger partial charge on any atom is 0.335 e. The predicted molar refractivity (Wildman–Crippen MR) is 110 cm³/mol. The minimum Gasteiger partial charge on any atom is -0.486 e. The average molecular weight is 416 g/mol. The van der Waals surface area contributed by atoms with E-state index in [2.05, 4.69) is 17.8 Å². The number of hydrogen-bond acceptors (Lipinski definition) is 5. The third-order valence-electron chi connectivity index (χ3n) is 5.23. The van der Waals surface area contributed by atoms with Gasteiger partial charge >= 0.3 is 6.03 Å². The summed E-state index contributed by atoms with van der Waals surface area (Å²) < 4.78 is 11.5. The number of benzene rings is 1. The lowest BCUT2D eigenvalue weighted by molar-refractivity contribution is 0.0706. The van der Waals surface area contributed by atoms with Gasteiger partial charge in [-0.15, -0.1) is 11.3 Å². The zero-order valence-corrected chi connectivity index (χ0v) is 17.4. The van der Waals surface area contributed by atoms with Gasteiger partial charge in [0, 0.05) is 11.9 Å². The summed E-state index contributed by atoms with van der Waals surface area (Å²) in [6.07, 6.45) is 2.92. The number of thiophene rings is 1. The number of carbonyl (C=O) groups excluding carboxylic acids is 2. The summed E-state index contributed by atoms with van der Waals surface area (Å²) in [7, 11) is 1.65. The van der Waals surface area contributed by atoms with Crippen molar-refractivity contribution in [2.24, 2.45) is 5.92 Å². The van der Waals surface area contributed by atoms with E-state index in [-0.39, 0.29) is 12.0 Å². The highest BCUT2D eigenvalue weighted by Gasteiger charge is 2.24. The first kappa shape index (κ1) is 19.6. The smallest absolute Gasteiger partial charge is 0.335 e. The number of amides is 3. The highest BCUT2D eigenvalue weighted by molar-refractivity contribution is 7.14. The average Bonchev–Trinajstić information content (AvgIpc) is 3.15. The van der Waals surface area contributed by atoms with Crippen LogP contribution < -0.4 is 20.3 Å². The molecule has 2 N–H and O–H groups in total. The lowest BCUT2D eigenvalue weighted by Gasteiger charge is -2.29. The first-order valence-corrected chi connectivity index (χ1v) is 10.6. The molecule has 154 valence electrons. The number of carbonyl (C=O) groups is 2. The van der Waals surface area contributed by atoms with Crippen LogP contribution in [-0.2, 0) is 12.8 Å². The molecule has 1 aliphatic heterocycles. The van der Waals surface area contributed by atoms with Crippen molar-refractivity contribution in [3.8, 4) is 11.5 Å². The van der Waals surface area contributed by atoms with Crippen molar-refractivity contribution in [1.29, 1.82) is 0 Å². The molecule has 0 saturated carbocycles. The lowest BCUT2D eigenvalue weighted by atomic mass is 9.90. The van der Waals surface area contributed by atoms with Crippen LogP contribution in [0.1, 0.15) is 33.5 Å². The number of rotatable bonds is 3. The van der Waals surface area contributed by atoms with Gasteiger partial charge in [-0.05, 0) is 48.9 Å². The van der Waals surface area contributed by atoms with Gasteiger partial charge in [0.15, 0.2) is 17.6 Å². The van der Waals surface area contributed by atoms with Crippen LogP contribution in [-0.4, -0.2) is 43.1 Å². The Morgan fingerprint density at radius 3 is 2.86 bits per heavy atom. The van der Waals surface area contributed by atoms with Gasteiger partial charge in [-0.3, -0.25) is 10.2 Å². The quantitative estimate of drug-likeness (QED) is 0.756. The van der Waals surface area contributed by atoms with Crippen LogP contribution in [0.15, 0.2) is 30.3 Å². The largest absolute Gasteiger partial charge is 0.486 e. The molecule has 2 atom stereocenters. The van der Waals surface area contributed by atoms with Crippen LogP contribution in [0.5, 0.6) is 11.5 Å². The maximum absolute atomic E-state index is 12.4. The van der Waals surface area contributed by atoms with Gasteiger partial charge in [-0.25, -0.2) is 10.2 Å². The van der Waals surface area contributed by atoms with Gasteiger partial charge < -0.3 is 14.4 Å².